The minimum atomic E-state index is -4.33. The molecule has 0 bridgehead atoms. The highest BCUT2D eigenvalue weighted by Crippen LogP contribution is 2.24. The van der Waals surface area contributed by atoms with E-state index in [2.05, 4.69) is 10.1 Å². The summed E-state index contributed by atoms with van der Waals surface area (Å²) in [4.78, 5) is 21.5. The molecule has 0 fully saturated rings. The van der Waals surface area contributed by atoms with Crippen LogP contribution in [0.15, 0.2) is 53.9 Å². The quantitative estimate of drug-likeness (QED) is 0.210. The number of carbonyl (C=O) groups excluding carboxylic acids is 1. The van der Waals surface area contributed by atoms with Gasteiger partial charge in [-0.3, -0.25) is 9.20 Å². The molecule has 3 rings (SSSR count). The van der Waals surface area contributed by atoms with Crippen LogP contribution in [0.4, 0.5) is 13.2 Å². The van der Waals surface area contributed by atoms with Gasteiger partial charge in [0, 0.05) is 36.8 Å². The van der Waals surface area contributed by atoms with Crippen LogP contribution in [0.1, 0.15) is 37.3 Å². The number of hydrogen-bond acceptors (Lipinski definition) is 5. The Labute approximate surface area is 190 Å². The third kappa shape index (κ3) is 7.71. The summed E-state index contributed by atoms with van der Waals surface area (Å²) < 4.78 is 44.2. The zero-order valence-electron chi connectivity index (χ0n) is 18.3. The Kier molecular flexibility index (Phi) is 8.59. The second kappa shape index (κ2) is 11.6. The molecule has 0 saturated heterocycles. The predicted octanol–water partition coefficient (Wildman–Crippen LogP) is 5.23. The van der Waals surface area contributed by atoms with Crippen molar-refractivity contribution in [3.63, 3.8) is 0 Å². The number of ketones is 1. The Morgan fingerprint density at radius 1 is 1.18 bits per heavy atom. The standard InChI is InChI=1S/C24H26F3N3O3/c1-2-10-32-11-12-33-29-16-19-7-9-30-22(17-28-23(30)15-19)20-5-3-4-18(13-20)14-21(31)6-8-24(25,26)27/h3-5,7,9,13,15-17H,2,6,8,10-12,14H2,1H3/b29-16-. The number of ether oxygens (including phenoxy) is 1. The molecule has 0 saturated carbocycles. The summed E-state index contributed by atoms with van der Waals surface area (Å²) in [7, 11) is 0. The summed E-state index contributed by atoms with van der Waals surface area (Å²) in [5.41, 5.74) is 3.81. The SMILES string of the molecule is CCCOCCO/N=C\c1ccn2c(-c3cccc(CC(=O)CCC(F)(F)F)c3)cnc2c1. The van der Waals surface area contributed by atoms with Gasteiger partial charge in [0.2, 0.25) is 0 Å². The van der Waals surface area contributed by atoms with Crippen molar-refractivity contribution in [2.45, 2.75) is 38.8 Å². The van der Waals surface area contributed by atoms with E-state index in [0.29, 0.717) is 31.0 Å². The van der Waals surface area contributed by atoms with Crippen molar-refractivity contribution in [3.8, 4) is 11.3 Å². The summed E-state index contributed by atoms with van der Waals surface area (Å²) in [5, 5.41) is 3.94. The molecule has 0 aliphatic rings. The molecule has 0 atom stereocenters. The van der Waals surface area contributed by atoms with E-state index in [1.165, 1.54) is 0 Å². The molecule has 0 aliphatic carbocycles. The van der Waals surface area contributed by atoms with Crippen molar-refractivity contribution in [2.75, 3.05) is 19.8 Å². The lowest BCUT2D eigenvalue weighted by Gasteiger charge is -2.07. The summed E-state index contributed by atoms with van der Waals surface area (Å²) in [6.07, 6.45) is 0.150. The number of rotatable bonds is 12. The highest BCUT2D eigenvalue weighted by atomic mass is 19.4. The monoisotopic (exact) mass is 461 g/mol. The van der Waals surface area contributed by atoms with Crippen LogP contribution in [0.2, 0.25) is 0 Å². The number of hydrogen-bond donors (Lipinski definition) is 0. The number of imidazole rings is 1. The minimum absolute atomic E-state index is 0.0370. The lowest BCUT2D eigenvalue weighted by molar-refractivity contribution is -0.143. The van der Waals surface area contributed by atoms with Crippen molar-refractivity contribution in [2.24, 2.45) is 5.16 Å². The molecular formula is C24H26F3N3O3. The smallest absolute Gasteiger partial charge is 0.389 e. The van der Waals surface area contributed by atoms with E-state index in [9.17, 15) is 18.0 Å². The Hall–Kier alpha value is -3.20. The van der Waals surface area contributed by atoms with Crippen LogP contribution in [0, 0.1) is 0 Å². The van der Waals surface area contributed by atoms with Gasteiger partial charge in [0.1, 0.15) is 18.0 Å². The van der Waals surface area contributed by atoms with Crippen LogP contribution in [0.5, 0.6) is 0 Å². The van der Waals surface area contributed by atoms with Crippen LogP contribution in [0.25, 0.3) is 16.9 Å². The van der Waals surface area contributed by atoms with Gasteiger partial charge in [-0.2, -0.15) is 13.2 Å². The van der Waals surface area contributed by atoms with Gasteiger partial charge >= 0.3 is 6.18 Å². The number of carbonyl (C=O) groups is 1. The molecule has 6 nitrogen and oxygen atoms in total. The van der Waals surface area contributed by atoms with Crippen molar-refractivity contribution >= 4 is 17.6 Å². The maximum Gasteiger partial charge on any atom is 0.389 e. The molecule has 0 unspecified atom stereocenters. The van der Waals surface area contributed by atoms with E-state index in [1.807, 2.05) is 35.7 Å². The number of oxime groups is 1. The maximum atomic E-state index is 12.3. The third-order valence-corrected chi connectivity index (χ3v) is 4.79. The molecule has 176 valence electrons. The van der Waals surface area contributed by atoms with Gasteiger partial charge in [-0.15, -0.1) is 0 Å². The van der Waals surface area contributed by atoms with Gasteiger partial charge in [0.15, 0.2) is 0 Å². The number of nitrogens with zero attached hydrogens (tertiary/aromatic N) is 3. The lowest BCUT2D eigenvalue weighted by atomic mass is 10.0. The van der Waals surface area contributed by atoms with Gasteiger partial charge in [0.25, 0.3) is 0 Å². The highest BCUT2D eigenvalue weighted by molar-refractivity contribution is 5.82. The normalized spacial score (nSPS) is 12.0. The average Bonchev–Trinajstić information content (AvgIpc) is 3.20. The zero-order valence-corrected chi connectivity index (χ0v) is 18.3. The topological polar surface area (TPSA) is 65.2 Å². The van der Waals surface area contributed by atoms with Crippen LogP contribution in [0.3, 0.4) is 0 Å². The molecule has 0 spiro atoms. The van der Waals surface area contributed by atoms with E-state index in [-0.39, 0.29) is 6.42 Å². The van der Waals surface area contributed by atoms with Gasteiger partial charge in [-0.25, -0.2) is 4.98 Å². The van der Waals surface area contributed by atoms with Gasteiger partial charge in [-0.1, -0.05) is 30.3 Å². The number of benzene rings is 1. The lowest BCUT2D eigenvalue weighted by Crippen LogP contribution is -2.12. The number of fused-ring (bicyclic) bond motifs is 1. The molecule has 2 heterocycles. The summed E-state index contributed by atoms with van der Waals surface area (Å²) in [6, 6.07) is 10.9. The molecule has 0 amide bonds. The Bertz CT molecular complexity index is 1090. The molecule has 3 aromatic rings. The molecule has 1 aromatic carbocycles. The van der Waals surface area contributed by atoms with Crippen molar-refractivity contribution in [3.05, 3.63) is 59.9 Å². The zero-order chi connectivity index (χ0) is 23.7. The second-order valence-corrected chi connectivity index (χ2v) is 7.54. The first-order chi connectivity index (χ1) is 15.9. The van der Waals surface area contributed by atoms with Crippen LogP contribution in [-0.2, 0) is 20.8 Å². The Morgan fingerprint density at radius 2 is 2.03 bits per heavy atom. The van der Waals surface area contributed by atoms with Gasteiger partial charge < -0.3 is 9.57 Å². The fourth-order valence-electron chi connectivity index (χ4n) is 3.22. The molecule has 33 heavy (non-hydrogen) atoms. The van der Waals surface area contributed by atoms with E-state index < -0.39 is 24.8 Å². The molecular weight excluding hydrogens is 435 g/mol. The first-order valence-corrected chi connectivity index (χ1v) is 10.7. The van der Waals surface area contributed by atoms with Crippen molar-refractivity contribution in [1.82, 2.24) is 9.38 Å². The van der Waals surface area contributed by atoms with Crippen LogP contribution < -0.4 is 0 Å². The van der Waals surface area contributed by atoms with E-state index in [4.69, 9.17) is 9.57 Å². The number of pyridine rings is 1. The second-order valence-electron chi connectivity index (χ2n) is 7.54. The van der Waals surface area contributed by atoms with E-state index in [1.54, 1.807) is 30.6 Å². The van der Waals surface area contributed by atoms with Gasteiger partial charge in [0.05, 0.1) is 31.1 Å². The molecule has 2 aromatic heterocycles. The van der Waals surface area contributed by atoms with Crippen molar-refractivity contribution in [1.29, 1.82) is 0 Å². The number of Topliss-reactive ketones (excluding diaryl/α,β-unsaturated/α-hetero) is 1. The molecule has 0 aliphatic heterocycles. The van der Waals surface area contributed by atoms with Crippen LogP contribution in [-0.4, -0.2) is 47.4 Å². The summed E-state index contributed by atoms with van der Waals surface area (Å²) in [5.74, 6) is -0.439. The summed E-state index contributed by atoms with van der Waals surface area (Å²) >= 11 is 0. The largest absolute Gasteiger partial charge is 0.393 e. The van der Waals surface area contributed by atoms with E-state index >= 15 is 0 Å². The third-order valence-electron chi connectivity index (χ3n) is 4.79. The Morgan fingerprint density at radius 3 is 2.82 bits per heavy atom. The first-order valence-electron chi connectivity index (χ1n) is 10.7. The average molecular weight is 461 g/mol. The fourth-order valence-corrected chi connectivity index (χ4v) is 3.22. The number of alkyl halides is 3. The highest BCUT2D eigenvalue weighted by Gasteiger charge is 2.27. The molecule has 0 radical (unpaired) electrons. The molecule has 0 N–H and O–H groups in total. The summed E-state index contributed by atoms with van der Waals surface area (Å²) in [6.45, 7) is 3.60. The number of halogens is 3. The van der Waals surface area contributed by atoms with Gasteiger partial charge in [-0.05, 0) is 30.2 Å². The van der Waals surface area contributed by atoms with Crippen LogP contribution >= 0.6 is 0 Å². The van der Waals surface area contributed by atoms with E-state index in [0.717, 1.165) is 23.2 Å². The fraction of sp³-hybridized carbons (Fsp3) is 0.375. The Balaban J connectivity index is 1.64. The maximum absolute atomic E-state index is 12.3. The predicted molar refractivity (Wildman–Crippen MR) is 119 cm³/mol. The first kappa shape index (κ1) is 24.4. The van der Waals surface area contributed by atoms with Crippen molar-refractivity contribution < 1.29 is 27.5 Å². The minimum Gasteiger partial charge on any atom is -0.393 e. The molecule has 9 heteroatoms. The number of aromatic nitrogens is 2.